The van der Waals surface area contributed by atoms with Crippen LogP contribution in [0.1, 0.15) is 5.56 Å². The fraction of sp³-hybridized carbons (Fsp3) is 0.417. The molecule has 0 bridgehead atoms. The SMILES string of the molecule is CN(C)CCONC(=O)NCc1ccccc1. The topological polar surface area (TPSA) is 53.6 Å². The molecule has 0 aliphatic carbocycles. The van der Waals surface area contributed by atoms with Gasteiger partial charge in [-0.15, -0.1) is 0 Å². The first kappa shape index (κ1) is 13.5. The highest BCUT2D eigenvalue weighted by molar-refractivity contribution is 5.72. The summed E-state index contributed by atoms with van der Waals surface area (Å²) >= 11 is 0. The van der Waals surface area contributed by atoms with Crippen LogP contribution < -0.4 is 10.8 Å². The van der Waals surface area contributed by atoms with Gasteiger partial charge < -0.3 is 10.2 Å². The van der Waals surface area contributed by atoms with Gasteiger partial charge in [-0.25, -0.2) is 10.3 Å². The lowest BCUT2D eigenvalue weighted by Crippen LogP contribution is -2.36. The first-order valence-electron chi connectivity index (χ1n) is 5.53. The van der Waals surface area contributed by atoms with Crippen LogP contribution in [-0.4, -0.2) is 38.2 Å². The number of benzene rings is 1. The van der Waals surface area contributed by atoms with Crippen LogP contribution in [-0.2, 0) is 11.4 Å². The predicted molar refractivity (Wildman–Crippen MR) is 66.3 cm³/mol. The number of carbonyl (C=O) groups is 1. The van der Waals surface area contributed by atoms with E-state index in [0.717, 1.165) is 12.1 Å². The number of hydrogen-bond donors (Lipinski definition) is 2. The Morgan fingerprint density at radius 2 is 2.00 bits per heavy atom. The molecule has 2 N–H and O–H groups in total. The molecule has 1 aromatic carbocycles. The lowest BCUT2D eigenvalue weighted by molar-refractivity contribution is 0.0519. The van der Waals surface area contributed by atoms with Gasteiger partial charge in [0, 0.05) is 13.1 Å². The number of rotatable bonds is 6. The standard InChI is InChI=1S/C12H19N3O2/c1-15(2)8-9-17-14-12(16)13-10-11-6-4-3-5-7-11/h3-7H,8-10H2,1-2H3,(H2,13,14,16). The van der Waals surface area contributed by atoms with Crippen LogP contribution in [0.3, 0.4) is 0 Å². The second-order valence-corrected chi connectivity index (χ2v) is 3.92. The average Bonchev–Trinajstić information content (AvgIpc) is 2.33. The van der Waals surface area contributed by atoms with Crippen LogP contribution in [0.2, 0.25) is 0 Å². The molecular formula is C12H19N3O2. The Labute approximate surface area is 102 Å². The van der Waals surface area contributed by atoms with Crippen molar-refractivity contribution in [2.24, 2.45) is 0 Å². The number of amides is 2. The summed E-state index contributed by atoms with van der Waals surface area (Å²) in [5.41, 5.74) is 3.38. The van der Waals surface area contributed by atoms with Crippen molar-refractivity contribution in [2.45, 2.75) is 6.54 Å². The van der Waals surface area contributed by atoms with Gasteiger partial charge in [-0.2, -0.15) is 0 Å². The minimum Gasteiger partial charge on any atom is -0.332 e. The zero-order valence-electron chi connectivity index (χ0n) is 10.3. The Kier molecular flexibility index (Phi) is 6.06. The van der Waals surface area contributed by atoms with Gasteiger partial charge >= 0.3 is 6.03 Å². The summed E-state index contributed by atoms with van der Waals surface area (Å²) in [5, 5.41) is 2.70. The van der Waals surface area contributed by atoms with Crippen molar-refractivity contribution in [3.8, 4) is 0 Å². The molecule has 0 heterocycles. The number of urea groups is 1. The van der Waals surface area contributed by atoms with Gasteiger partial charge in [0.2, 0.25) is 0 Å². The largest absolute Gasteiger partial charge is 0.338 e. The van der Waals surface area contributed by atoms with Crippen molar-refractivity contribution < 1.29 is 9.63 Å². The van der Waals surface area contributed by atoms with E-state index in [4.69, 9.17) is 4.84 Å². The molecule has 0 aliphatic rings. The van der Waals surface area contributed by atoms with Gasteiger partial charge in [0.1, 0.15) is 0 Å². The fourth-order valence-corrected chi connectivity index (χ4v) is 1.16. The zero-order chi connectivity index (χ0) is 12.5. The minimum atomic E-state index is -0.326. The summed E-state index contributed by atoms with van der Waals surface area (Å²) in [6.45, 7) is 1.72. The third-order valence-electron chi connectivity index (χ3n) is 2.10. The molecule has 0 saturated heterocycles. The number of likely N-dealkylation sites (N-methyl/N-ethyl adjacent to an activating group) is 1. The summed E-state index contributed by atoms with van der Waals surface area (Å²) in [6.07, 6.45) is 0. The molecule has 0 radical (unpaired) electrons. The molecule has 2 amide bonds. The van der Waals surface area contributed by atoms with Gasteiger partial charge in [-0.05, 0) is 19.7 Å². The molecule has 94 valence electrons. The van der Waals surface area contributed by atoms with Crippen molar-refractivity contribution in [2.75, 3.05) is 27.2 Å². The molecule has 0 aliphatic heterocycles. The lowest BCUT2D eigenvalue weighted by atomic mass is 10.2. The highest BCUT2D eigenvalue weighted by atomic mass is 16.7. The third-order valence-corrected chi connectivity index (χ3v) is 2.10. The first-order valence-corrected chi connectivity index (χ1v) is 5.53. The Bertz CT molecular complexity index is 328. The van der Waals surface area contributed by atoms with E-state index in [9.17, 15) is 4.79 Å². The molecule has 0 unspecified atom stereocenters. The predicted octanol–water partition coefficient (Wildman–Crippen LogP) is 0.979. The van der Waals surface area contributed by atoms with Crippen molar-refractivity contribution in [3.05, 3.63) is 35.9 Å². The van der Waals surface area contributed by atoms with Crippen molar-refractivity contribution in [1.29, 1.82) is 0 Å². The third kappa shape index (κ3) is 6.55. The highest BCUT2D eigenvalue weighted by Gasteiger charge is 1.99. The van der Waals surface area contributed by atoms with E-state index in [1.165, 1.54) is 0 Å². The monoisotopic (exact) mass is 237 g/mol. The number of nitrogens with zero attached hydrogens (tertiary/aromatic N) is 1. The summed E-state index contributed by atoms with van der Waals surface area (Å²) in [7, 11) is 3.89. The van der Waals surface area contributed by atoms with Gasteiger partial charge in [0.25, 0.3) is 0 Å². The summed E-state index contributed by atoms with van der Waals surface area (Å²) in [4.78, 5) is 18.3. The quantitative estimate of drug-likeness (QED) is 0.573. The van der Waals surface area contributed by atoms with Gasteiger partial charge in [0.05, 0.1) is 6.61 Å². The molecule has 0 saturated carbocycles. The second kappa shape index (κ2) is 7.65. The lowest BCUT2D eigenvalue weighted by Gasteiger charge is -2.10. The van der Waals surface area contributed by atoms with E-state index in [2.05, 4.69) is 10.8 Å². The Morgan fingerprint density at radius 1 is 1.29 bits per heavy atom. The van der Waals surface area contributed by atoms with Crippen LogP contribution in [0.25, 0.3) is 0 Å². The van der Waals surface area contributed by atoms with Crippen LogP contribution in [0.5, 0.6) is 0 Å². The van der Waals surface area contributed by atoms with Gasteiger partial charge in [0.15, 0.2) is 0 Å². The van der Waals surface area contributed by atoms with Crippen molar-refractivity contribution in [3.63, 3.8) is 0 Å². The highest BCUT2D eigenvalue weighted by Crippen LogP contribution is 1.96. The maximum absolute atomic E-state index is 11.3. The maximum Gasteiger partial charge on any atom is 0.338 e. The van der Waals surface area contributed by atoms with Crippen molar-refractivity contribution in [1.82, 2.24) is 15.7 Å². The van der Waals surface area contributed by atoms with Crippen LogP contribution in [0.4, 0.5) is 4.79 Å². The van der Waals surface area contributed by atoms with E-state index < -0.39 is 0 Å². The first-order chi connectivity index (χ1) is 8.18. The van der Waals surface area contributed by atoms with Crippen molar-refractivity contribution >= 4 is 6.03 Å². The van der Waals surface area contributed by atoms with E-state index in [-0.39, 0.29) is 6.03 Å². The summed E-state index contributed by atoms with van der Waals surface area (Å²) in [6, 6.07) is 9.38. The van der Waals surface area contributed by atoms with Crippen LogP contribution in [0, 0.1) is 0 Å². The number of nitrogens with one attached hydrogen (secondary N) is 2. The smallest absolute Gasteiger partial charge is 0.332 e. The second-order valence-electron chi connectivity index (χ2n) is 3.92. The molecule has 5 heteroatoms. The minimum absolute atomic E-state index is 0.326. The molecule has 0 aromatic heterocycles. The molecule has 0 spiro atoms. The van der Waals surface area contributed by atoms with E-state index >= 15 is 0 Å². The molecule has 17 heavy (non-hydrogen) atoms. The average molecular weight is 237 g/mol. The molecular weight excluding hydrogens is 218 g/mol. The Morgan fingerprint density at radius 3 is 2.65 bits per heavy atom. The molecule has 0 atom stereocenters. The molecule has 1 aromatic rings. The van der Waals surface area contributed by atoms with Gasteiger partial charge in [-0.3, -0.25) is 4.84 Å². The Hall–Kier alpha value is -1.59. The van der Waals surface area contributed by atoms with Crippen LogP contribution >= 0.6 is 0 Å². The van der Waals surface area contributed by atoms with Crippen LogP contribution in [0.15, 0.2) is 30.3 Å². The molecule has 1 rings (SSSR count). The summed E-state index contributed by atoms with van der Waals surface area (Å²) < 4.78 is 0. The normalized spacial score (nSPS) is 10.3. The summed E-state index contributed by atoms with van der Waals surface area (Å²) in [5.74, 6) is 0. The Balaban J connectivity index is 2.09. The number of hydroxylamine groups is 1. The van der Waals surface area contributed by atoms with E-state index in [1.807, 2.05) is 49.3 Å². The molecule has 5 nitrogen and oxygen atoms in total. The molecule has 0 fully saturated rings. The number of carbonyl (C=O) groups excluding carboxylic acids is 1. The van der Waals surface area contributed by atoms with Gasteiger partial charge in [-0.1, -0.05) is 30.3 Å². The van der Waals surface area contributed by atoms with E-state index in [0.29, 0.717) is 13.2 Å². The maximum atomic E-state index is 11.3. The van der Waals surface area contributed by atoms with E-state index in [1.54, 1.807) is 0 Å². The zero-order valence-corrected chi connectivity index (χ0v) is 10.3. The number of hydrogen-bond acceptors (Lipinski definition) is 3. The fourth-order valence-electron chi connectivity index (χ4n) is 1.16.